The van der Waals surface area contributed by atoms with Crippen LogP contribution in [0.2, 0.25) is 5.02 Å². The van der Waals surface area contributed by atoms with E-state index >= 15 is 0 Å². The molecule has 0 radical (unpaired) electrons. The Kier molecular flexibility index (Phi) is 4.04. The zero-order valence-electron chi connectivity index (χ0n) is 17.4. The van der Waals surface area contributed by atoms with Crippen molar-refractivity contribution in [2.45, 2.75) is 31.3 Å². The molecule has 6 rings (SSSR count). The predicted molar refractivity (Wildman–Crippen MR) is 121 cm³/mol. The third-order valence-corrected chi connectivity index (χ3v) is 6.64. The molecule has 1 aliphatic heterocycles. The van der Waals surface area contributed by atoms with Crippen molar-refractivity contribution < 1.29 is 4.39 Å². The van der Waals surface area contributed by atoms with E-state index in [1.807, 2.05) is 12.3 Å². The van der Waals surface area contributed by atoms with Crippen LogP contribution in [0.25, 0.3) is 33.2 Å². The van der Waals surface area contributed by atoms with Crippen LogP contribution in [0.3, 0.4) is 0 Å². The summed E-state index contributed by atoms with van der Waals surface area (Å²) in [5.41, 5.74) is 3.47. The number of pyridine rings is 2. The highest BCUT2D eigenvalue weighted by Crippen LogP contribution is 2.40. The highest BCUT2D eigenvalue weighted by atomic mass is 35.5. The molecule has 4 aromatic rings. The molecule has 8 heteroatoms. The summed E-state index contributed by atoms with van der Waals surface area (Å²) in [5.74, 6) is -0.378. The second-order valence-corrected chi connectivity index (χ2v) is 9.37. The monoisotopic (exact) mass is 436 g/mol. The number of piperazine rings is 1. The van der Waals surface area contributed by atoms with Crippen LogP contribution >= 0.6 is 11.6 Å². The summed E-state index contributed by atoms with van der Waals surface area (Å²) in [5, 5.41) is 9.98. The van der Waals surface area contributed by atoms with Gasteiger partial charge >= 0.3 is 0 Å². The van der Waals surface area contributed by atoms with Gasteiger partial charge in [-0.05, 0) is 44.0 Å². The van der Waals surface area contributed by atoms with E-state index in [1.54, 1.807) is 24.0 Å². The van der Waals surface area contributed by atoms with Gasteiger partial charge in [0.15, 0.2) is 11.5 Å². The molecule has 1 aliphatic carbocycles. The van der Waals surface area contributed by atoms with Gasteiger partial charge in [0, 0.05) is 54.3 Å². The minimum absolute atomic E-state index is 0.257. The number of nitrogens with one attached hydrogen (secondary N) is 1. The number of anilines is 1. The lowest BCUT2D eigenvalue weighted by Crippen LogP contribution is -2.57. The molecule has 6 nitrogen and oxygen atoms in total. The Morgan fingerprint density at radius 3 is 2.87 bits per heavy atom. The van der Waals surface area contributed by atoms with E-state index in [1.165, 1.54) is 18.9 Å². The van der Waals surface area contributed by atoms with Crippen LogP contribution in [0.1, 0.15) is 19.8 Å². The topological polar surface area (TPSA) is 58.9 Å². The van der Waals surface area contributed by atoms with Gasteiger partial charge in [-0.25, -0.2) is 14.4 Å². The van der Waals surface area contributed by atoms with Crippen LogP contribution in [0.4, 0.5) is 10.1 Å². The zero-order valence-corrected chi connectivity index (χ0v) is 18.1. The van der Waals surface area contributed by atoms with Crippen molar-refractivity contribution in [3.63, 3.8) is 0 Å². The van der Waals surface area contributed by atoms with E-state index in [4.69, 9.17) is 11.6 Å². The standard InChI is InChI=1S/C23H22ClFN6/c1-13-10-31(12-23(28-13)3-4-23)16-7-17-18(24)8-20(27-22(17)26-9-16)14-5-15-11-30(2)29-21(15)19(25)6-14/h5-9,11,13,28H,3-4,10,12H2,1-2H3/t13-/m0/s1. The zero-order chi connectivity index (χ0) is 21.3. The summed E-state index contributed by atoms with van der Waals surface area (Å²) in [6, 6.07) is 7.61. The Bertz CT molecular complexity index is 1350. The molecule has 1 N–H and O–H groups in total. The fraction of sp³-hybridized carbons (Fsp3) is 0.348. The molecule has 158 valence electrons. The van der Waals surface area contributed by atoms with Crippen LogP contribution in [-0.2, 0) is 7.05 Å². The number of rotatable bonds is 2. The SMILES string of the molecule is C[C@H]1CN(c2cnc3nc(-c4cc(F)c5nn(C)cc5c4)cc(Cl)c3c2)CC2(CC2)N1. The molecule has 0 bridgehead atoms. The van der Waals surface area contributed by atoms with Crippen molar-refractivity contribution in [1.29, 1.82) is 0 Å². The molecule has 0 amide bonds. The van der Waals surface area contributed by atoms with Gasteiger partial charge in [0.05, 0.1) is 22.6 Å². The van der Waals surface area contributed by atoms with Crippen molar-refractivity contribution in [1.82, 2.24) is 25.1 Å². The first kappa shape index (κ1) is 19.0. The lowest BCUT2D eigenvalue weighted by Gasteiger charge is -2.39. The van der Waals surface area contributed by atoms with Gasteiger partial charge in [-0.3, -0.25) is 4.68 Å². The second kappa shape index (κ2) is 6.61. The molecule has 1 saturated heterocycles. The molecule has 1 aromatic carbocycles. The van der Waals surface area contributed by atoms with Gasteiger partial charge in [-0.2, -0.15) is 5.10 Å². The van der Waals surface area contributed by atoms with Gasteiger partial charge in [0.25, 0.3) is 0 Å². The summed E-state index contributed by atoms with van der Waals surface area (Å²) >= 11 is 6.66. The second-order valence-electron chi connectivity index (χ2n) is 8.96. The quantitative estimate of drug-likeness (QED) is 0.507. The third-order valence-electron chi connectivity index (χ3n) is 6.33. The van der Waals surface area contributed by atoms with E-state index in [-0.39, 0.29) is 11.4 Å². The summed E-state index contributed by atoms with van der Waals surface area (Å²) in [7, 11) is 1.77. The van der Waals surface area contributed by atoms with Gasteiger partial charge < -0.3 is 10.2 Å². The molecule has 3 aromatic heterocycles. The highest BCUT2D eigenvalue weighted by Gasteiger charge is 2.47. The number of halogens is 2. The van der Waals surface area contributed by atoms with Gasteiger partial charge in [0.1, 0.15) is 5.52 Å². The molecule has 1 spiro atoms. The van der Waals surface area contributed by atoms with E-state index in [9.17, 15) is 4.39 Å². The van der Waals surface area contributed by atoms with Crippen LogP contribution < -0.4 is 10.2 Å². The van der Waals surface area contributed by atoms with E-state index in [0.717, 1.165) is 29.5 Å². The van der Waals surface area contributed by atoms with E-state index in [2.05, 4.69) is 38.3 Å². The summed E-state index contributed by atoms with van der Waals surface area (Å²) in [6.45, 7) is 4.14. The lowest BCUT2D eigenvalue weighted by atomic mass is 10.1. The first-order chi connectivity index (χ1) is 14.9. The molecule has 4 heterocycles. The Balaban J connectivity index is 1.40. The average molecular weight is 437 g/mol. The minimum atomic E-state index is -0.378. The number of nitrogens with zero attached hydrogens (tertiary/aromatic N) is 5. The van der Waals surface area contributed by atoms with Gasteiger partial charge in [0.2, 0.25) is 0 Å². The fourth-order valence-electron chi connectivity index (χ4n) is 4.76. The molecule has 0 unspecified atom stereocenters. The van der Waals surface area contributed by atoms with Crippen molar-refractivity contribution >= 4 is 39.2 Å². The Hall–Kier alpha value is -2.77. The van der Waals surface area contributed by atoms with Crippen molar-refractivity contribution in [2.75, 3.05) is 18.0 Å². The summed E-state index contributed by atoms with van der Waals surface area (Å²) < 4.78 is 16.2. The maximum atomic E-state index is 14.6. The van der Waals surface area contributed by atoms with Crippen molar-refractivity contribution in [2.24, 2.45) is 7.05 Å². The van der Waals surface area contributed by atoms with E-state index < -0.39 is 0 Å². The molecule has 31 heavy (non-hydrogen) atoms. The number of hydrogen-bond donors (Lipinski definition) is 1. The Morgan fingerprint density at radius 1 is 1.23 bits per heavy atom. The van der Waals surface area contributed by atoms with Crippen LogP contribution in [0.15, 0.2) is 36.7 Å². The maximum Gasteiger partial charge on any atom is 0.161 e. The van der Waals surface area contributed by atoms with Gasteiger partial charge in [-0.15, -0.1) is 0 Å². The summed E-state index contributed by atoms with van der Waals surface area (Å²) in [6.07, 6.45) is 6.10. The first-order valence-electron chi connectivity index (χ1n) is 10.5. The molecule has 2 aliphatic rings. The smallest absolute Gasteiger partial charge is 0.161 e. The lowest BCUT2D eigenvalue weighted by molar-refractivity contribution is 0.372. The number of benzene rings is 1. The fourth-order valence-corrected chi connectivity index (χ4v) is 5.00. The van der Waals surface area contributed by atoms with Crippen molar-refractivity contribution in [3.8, 4) is 11.3 Å². The number of fused-ring (bicyclic) bond motifs is 2. The average Bonchev–Trinajstić information content (AvgIpc) is 3.34. The van der Waals surface area contributed by atoms with Gasteiger partial charge in [-0.1, -0.05) is 11.6 Å². The largest absolute Gasteiger partial charge is 0.367 e. The first-order valence-corrected chi connectivity index (χ1v) is 10.9. The minimum Gasteiger partial charge on any atom is -0.367 e. The van der Waals surface area contributed by atoms with Crippen LogP contribution in [0, 0.1) is 5.82 Å². The Morgan fingerprint density at radius 2 is 2.06 bits per heavy atom. The normalized spacial score (nSPS) is 20.1. The third kappa shape index (κ3) is 3.23. The maximum absolute atomic E-state index is 14.6. The Labute approximate surface area is 184 Å². The molecule has 1 atom stereocenters. The molecule has 1 saturated carbocycles. The van der Waals surface area contributed by atoms with Crippen molar-refractivity contribution in [3.05, 3.63) is 47.5 Å². The number of aromatic nitrogens is 4. The molecule has 2 fully saturated rings. The number of aryl methyl sites for hydroxylation is 1. The van der Waals surface area contributed by atoms with Crippen LogP contribution in [-0.4, -0.2) is 44.4 Å². The highest BCUT2D eigenvalue weighted by molar-refractivity contribution is 6.35. The molecular formula is C23H22ClFN6. The predicted octanol–water partition coefficient (Wildman–Crippen LogP) is 4.31. The number of hydrogen-bond acceptors (Lipinski definition) is 5. The molecular weight excluding hydrogens is 415 g/mol. The summed E-state index contributed by atoms with van der Waals surface area (Å²) in [4.78, 5) is 11.7. The van der Waals surface area contributed by atoms with Crippen LogP contribution in [0.5, 0.6) is 0 Å². The van der Waals surface area contributed by atoms with E-state index in [0.29, 0.717) is 33.5 Å².